The van der Waals surface area contributed by atoms with Gasteiger partial charge in [0.25, 0.3) is 0 Å². The fourth-order valence-electron chi connectivity index (χ4n) is 2.85. The molecule has 1 aliphatic heterocycles. The first-order valence-electron chi connectivity index (χ1n) is 8.78. The summed E-state index contributed by atoms with van der Waals surface area (Å²) in [6.45, 7) is 7.16. The molecule has 0 radical (unpaired) electrons. The van der Waals surface area contributed by atoms with Crippen molar-refractivity contribution >= 4 is 35.1 Å². The SMILES string of the molecule is CCNC(=NCCCN1CCCC1=O)NC(C)c1ccc(Cl)cc1Cl. The number of nitrogens with one attached hydrogen (secondary N) is 2. The van der Waals surface area contributed by atoms with E-state index in [9.17, 15) is 4.79 Å². The summed E-state index contributed by atoms with van der Waals surface area (Å²) in [5.41, 5.74) is 0.972. The van der Waals surface area contributed by atoms with Gasteiger partial charge in [-0.25, -0.2) is 0 Å². The van der Waals surface area contributed by atoms with Crippen LogP contribution in [0.4, 0.5) is 0 Å². The summed E-state index contributed by atoms with van der Waals surface area (Å²) in [5, 5.41) is 7.86. The molecule has 1 aliphatic rings. The Bertz CT molecular complexity index is 621. The lowest BCUT2D eigenvalue weighted by Gasteiger charge is -2.19. The maximum atomic E-state index is 11.6. The van der Waals surface area contributed by atoms with Crippen LogP contribution < -0.4 is 10.6 Å². The predicted octanol–water partition coefficient (Wildman–Crippen LogP) is 3.62. The lowest BCUT2D eigenvalue weighted by Crippen LogP contribution is -2.39. The number of rotatable bonds is 7. The van der Waals surface area contributed by atoms with Gasteiger partial charge >= 0.3 is 0 Å². The van der Waals surface area contributed by atoms with Crippen LogP contribution in [0.15, 0.2) is 23.2 Å². The summed E-state index contributed by atoms with van der Waals surface area (Å²) in [7, 11) is 0. The molecule has 1 aromatic rings. The van der Waals surface area contributed by atoms with Crippen LogP contribution in [0.3, 0.4) is 0 Å². The van der Waals surface area contributed by atoms with Gasteiger partial charge in [0.2, 0.25) is 5.91 Å². The molecule has 1 unspecified atom stereocenters. The molecule has 2 rings (SSSR count). The van der Waals surface area contributed by atoms with E-state index >= 15 is 0 Å². The Kier molecular flexibility index (Phi) is 7.85. The van der Waals surface area contributed by atoms with Gasteiger partial charge in [-0.15, -0.1) is 0 Å². The number of aliphatic imine (C=N–C) groups is 1. The minimum atomic E-state index is 0.00252. The van der Waals surface area contributed by atoms with E-state index in [-0.39, 0.29) is 11.9 Å². The van der Waals surface area contributed by atoms with E-state index in [0.717, 1.165) is 44.0 Å². The number of amides is 1. The number of hydrogen-bond donors (Lipinski definition) is 2. The van der Waals surface area contributed by atoms with E-state index in [4.69, 9.17) is 23.2 Å². The highest BCUT2D eigenvalue weighted by molar-refractivity contribution is 6.35. The summed E-state index contributed by atoms with van der Waals surface area (Å²) in [6.07, 6.45) is 2.52. The predicted molar refractivity (Wildman–Crippen MR) is 104 cm³/mol. The number of carbonyl (C=O) groups is 1. The molecule has 2 N–H and O–H groups in total. The summed E-state index contributed by atoms with van der Waals surface area (Å²) in [4.78, 5) is 18.1. The summed E-state index contributed by atoms with van der Waals surface area (Å²) in [6, 6.07) is 5.50. The minimum Gasteiger partial charge on any atom is -0.357 e. The van der Waals surface area contributed by atoms with Crippen molar-refractivity contribution in [1.29, 1.82) is 0 Å². The van der Waals surface area contributed by atoms with Crippen molar-refractivity contribution in [2.45, 2.75) is 39.2 Å². The Hall–Kier alpha value is -1.46. The van der Waals surface area contributed by atoms with Crippen molar-refractivity contribution in [3.8, 4) is 0 Å². The molecule has 1 atom stereocenters. The van der Waals surface area contributed by atoms with Crippen molar-refractivity contribution in [2.24, 2.45) is 4.99 Å². The van der Waals surface area contributed by atoms with E-state index in [0.29, 0.717) is 23.0 Å². The van der Waals surface area contributed by atoms with Crippen LogP contribution in [0, 0.1) is 0 Å². The Labute approximate surface area is 159 Å². The molecule has 1 fully saturated rings. The Morgan fingerprint density at radius 2 is 2.20 bits per heavy atom. The van der Waals surface area contributed by atoms with Crippen LogP contribution in [-0.2, 0) is 4.79 Å². The fourth-order valence-corrected chi connectivity index (χ4v) is 3.42. The molecule has 1 amide bonds. The molecule has 7 heteroatoms. The topological polar surface area (TPSA) is 56.7 Å². The molecule has 0 spiro atoms. The number of carbonyl (C=O) groups excluding carboxylic acids is 1. The highest BCUT2D eigenvalue weighted by atomic mass is 35.5. The van der Waals surface area contributed by atoms with Gasteiger partial charge in [-0.3, -0.25) is 9.79 Å². The van der Waals surface area contributed by atoms with Crippen molar-refractivity contribution < 1.29 is 4.79 Å². The van der Waals surface area contributed by atoms with Gasteiger partial charge in [0.05, 0.1) is 6.04 Å². The van der Waals surface area contributed by atoms with Gasteiger partial charge in [-0.1, -0.05) is 29.3 Å². The van der Waals surface area contributed by atoms with E-state index < -0.39 is 0 Å². The molecule has 0 aliphatic carbocycles. The summed E-state index contributed by atoms with van der Waals surface area (Å²) >= 11 is 12.2. The van der Waals surface area contributed by atoms with E-state index in [1.54, 1.807) is 6.07 Å². The van der Waals surface area contributed by atoms with Gasteiger partial charge in [0, 0.05) is 42.6 Å². The highest BCUT2D eigenvalue weighted by Crippen LogP contribution is 2.25. The van der Waals surface area contributed by atoms with Crippen molar-refractivity contribution in [2.75, 3.05) is 26.2 Å². The third kappa shape index (κ3) is 6.08. The Morgan fingerprint density at radius 3 is 2.84 bits per heavy atom. The molecule has 0 saturated carbocycles. The largest absolute Gasteiger partial charge is 0.357 e. The van der Waals surface area contributed by atoms with Gasteiger partial charge < -0.3 is 15.5 Å². The van der Waals surface area contributed by atoms with Crippen LogP contribution in [0.2, 0.25) is 10.0 Å². The molecule has 0 bridgehead atoms. The number of hydrogen-bond acceptors (Lipinski definition) is 2. The smallest absolute Gasteiger partial charge is 0.222 e. The fraction of sp³-hybridized carbons (Fsp3) is 0.556. The zero-order chi connectivity index (χ0) is 18.2. The van der Waals surface area contributed by atoms with Crippen LogP contribution in [0.25, 0.3) is 0 Å². The first-order chi connectivity index (χ1) is 12.0. The average Bonchev–Trinajstić information content (AvgIpc) is 2.96. The van der Waals surface area contributed by atoms with Gasteiger partial charge in [0.15, 0.2) is 5.96 Å². The number of nitrogens with zero attached hydrogens (tertiary/aromatic N) is 2. The molecule has 1 aromatic carbocycles. The number of halogens is 2. The minimum absolute atomic E-state index is 0.00252. The average molecular weight is 385 g/mol. The molecule has 0 aromatic heterocycles. The van der Waals surface area contributed by atoms with Crippen LogP contribution in [0.5, 0.6) is 0 Å². The van der Waals surface area contributed by atoms with Crippen LogP contribution in [0.1, 0.15) is 44.7 Å². The second-order valence-corrected chi connectivity index (χ2v) is 6.97. The van der Waals surface area contributed by atoms with Crippen molar-refractivity contribution in [1.82, 2.24) is 15.5 Å². The standard InChI is InChI=1S/C18H26Cl2N4O/c1-3-21-18(22-9-5-11-24-10-4-6-17(24)25)23-13(2)15-8-7-14(19)12-16(15)20/h7-8,12-13H,3-6,9-11H2,1-2H3,(H2,21,22,23). The van der Waals surface area contributed by atoms with Gasteiger partial charge in [0.1, 0.15) is 0 Å². The van der Waals surface area contributed by atoms with E-state index in [1.165, 1.54) is 0 Å². The van der Waals surface area contributed by atoms with Crippen LogP contribution in [-0.4, -0.2) is 42.9 Å². The highest BCUT2D eigenvalue weighted by Gasteiger charge is 2.19. The monoisotopic (exact) mass is 384 g/mol. The Morgan fingerprint density at radius 1 is 1.40 bits per heavy atom. The molecule has 1 heterocycles. The normalized spacial score (nSPS) is 16.2. The molecule has 138 valence electrons. The van der Waals surface area contributed by atoms with Gasteiger partial charge in [-0.2, -0.15) is 0 Å². The quantitative estimate of drug-likeness (QED) is 0.428. The number of guanidine groups is 1. The summed E-state index contributed by atoms with van der Waals surface area (Å²) < 4.78 is 0. The maximum absolute atomic E-state index is 11.6. The summed E-state index contributed by atoms with van der Waals surface area (Å²) in [5.74, 6) is 1.01. The zero-order valence-electron chi connectivity index (χ0n) is 14.8. The second-order valence-electron chi connectivity index (χ2n) is 6.13. The third-order valence-electron chi connectivity index (χ3n) is 4.15. The molecule has 1 saturated heterocycles. The van der Waals surface area contributed by atoms with E-state index in [1.807, 2.05) is 30.9 Å². The molecule has 5 nitrogen and oxygen atoms in total. The van der Waals surface area contributed by atoms with Gasteiger partial charge in [-0.05, 0) is 44.4 Å². The van der Waals surface area contributed by atoms with Crippen molar-refractivity contribution in [3.05, 3.63) is 33.8 Å². The first-order valence-corrected chi connectivity index (χ1v) is 9.54. The lowest BCUT2D eigenvalue weighted by molar-refractivity contribution is -0.127. The van der Waals surface area contributed by atoms with Crippen molar-refractivity contribution in [3.63, 3.8) is 0 Å². The molecular weight excluding hydrogens is 359 g/mol. The van der Waals surface area contributed by atoms with E-state index in [2.05, 4.69) is 15.6 Å². The van der Waals surface area contributed by atoms with Crippen LogP contribution >= 0.6 is 23.2 Å². The first kappa shape index (κ1) is 19.9. The maximum Gasteiger partial charge on any atom is 0.222 e. The number of likely N-dealkylation sites (tertiary alicyclic amines) is 1. The molecular formula is C18H26Cl2N4O. The molecule has 25 heavy (non-hydrogen) atoms. The second kappa shape index (κ2) is 9.88. The number of benzene rings is 1. The Balaban J connectivity index is 1.88. The third-order valence-corrected chi connectivity index (χ3v) is 4.72. The zero-order valence-corrected chi connectivity index (χ0v) is 16.3. The lowest BCUT2D eigenvalue weighted by atomic mass is 10.1.